The number of aliphatic hydroxyl groups is 1. The fourth-order valence-electron chi connectivity index (χ4n) is 7.46. The Morgan fingerprint density at radius 3 is 2.30 bits per heavy atom. The van der Waals surface area contributed by atoms with Crippen LogP contribution in [-0.2, 0) is 14.4 Å². The van der Waals surface area contributed by atoms with E-state index in [0.717, 1.165) is 37.3 Å². The SMILES string of the molecule is C=CCN(CCC)C(=O)[C@H]1[C@H]2C(=O)N(CCCCCO)C(C(=O)N(CC=C)c3ccc(N(CC)CC)cc3)C23CC(Br)[C@@H]1S3. The Bertz CT molecular complexity index is 1190. The van der Waals surface area contributed by atoms with E-state index in [2.05, 4.69) is 47.8 Å². The van der Waals surface area contributed by atoms with Gasteiger partial charge in [0.1, 0.15) is 6.04 Å². The van der Waals surface area contributed by atoms with Crippen LogP contribution in [0.15, 0.2) is 49.6 Å². The number of benzene rings is 1. The summed E-state index contributed by atoms with van der Waals surface area (Å²) in [5.74, 6) is -1.31. The van der Waals surface area contributed by atoms with Gasteiger partial charge >= 0.3 is 0 Å². The van der Waals surface area contributed by atoms with E-state index in [0.29, 0.717) is 45.4 Å². The number of hydrogen-bond donors (Lipinski definition) is 1. The lowest BCUT2D eigenvalue weighted by molar-refractivity contribution is -0.143. The number of unbranched alkanes of at least 4 members (excludes halogenated alkanes) is 2. The molecule has 3 unspecified atom stereocenters. The van der Waals surface area contributed by atoms with E-state index >= 15 is 0 Å². The van der Waals surface area contributed by atoms with Crippen molar-refractivity contribution < 1.29 is 19.5 Å². The molecule has 0 aromatic heterocycles. The minimum Gasteiger partial charge on any atom is -0.396 e. The molecule has 6 atom stereocenters. The number of fused-ring (bicyclic) bond motifs is 1. The Labute approximate surface area is 276 Å². The first-order valence-electron chi connectivity index (χ1n) is 16.1. The van der Waals surface area contributed by atoms with Crippen LogP contribution >= 0.6 is 27.7 Å². The summed E-state index contributed by atoms with van der Waals surface area (Å²) in [7, 11) is 0. The van der Waals surface area contributed by atoms with Gasteiger partial charge in [-0.3, -0.25) is 14.4 Å². The number of likely N-dealkylation sites (tertiary alicyclic amines) is 1. The van der Waals surface area contributed by atoms with Gasteiger partial charge in [0.2, 0.25) is 11.8 Å². The van der Waals surface area contributed by atoms with Crippen LogP contribution in [0, 0.1) is 11.8 Å². The molecule has 0 saturated carbocycles. The van der Waals surface area contributed by atoms with Crippen molar-refractivity contribution in [3.63, 3.8) is 0 Å². The number of rotatable bonds is 17. The summed E-state index contributed by atoms with van der Waals surface area (Å²) in [4.78, 5) is 51.1. The van der Waals surface area contributed by atoms with Gasteiger partial charge in [-0.2, -0.15) is 0 Å². The molecule has 1 aromatic rings. The van der Waals surface area contributed by atoms with E-state index < -0.39 is 22.6 Å². The molecule has 3 heterocycles. The van der Waals surface area contributed by atoms with Crippen LogP contribution in [0.4, 0.5) is 11.4 Å². The number of aliphatic hydroxyl groups excluding tert-OH is 1. The summed E-state index contributed by atoms with van der Waals surface area (Å²) in [6, 6.07) is 7.33. The van der Waals surface area contributed by atoms with Crippen molar-refractivity contribution in [2.45, 2.75) is 73.7 Å². The molecular formula is C34H49BrN4O4S. The Morgan fingerprint density at radius 1 is 1.05 bits per heavy atom. The van der Waals surface area contributed by atoms with Crippen LogP contribution in [0.25, 0.3) is 0 Å². The molecule has 3 amide bonds. The zero-order valence-corrected chi connectivity index (χ0v) is 28.9. The quantitative estimate of drug-likeness (QED) is 0.139. The summed E-state index contributed by atoms with van der Waals surface area (Å²) in [6.07, 6.45) is 7.00. The largest absolute Gasteiger partial charge is 0.396 e. The Balaban J connectivity index is 1.75. The zero-order chi connectivity index (χ0) is 32.0. The van der Waals surface area contributed by atoms with Gasteiger partial charge in [-0.1, -0.05) is 35.0 Å². The topological polar surface area (TPSA) is 84.4 Å². The van der Waals surface area contributed by atoms with E-state index in [9.17, 15) is 19.5 Å². The van der Waals surface area contributed by atoms with Gasteiger partial charge in [0, 0.05) is 67.3 Å². The summed E-state index contributed by atoms with van der Waals surface area (Å²) in [5.41, 5.74) is 1.86. The highest BCUT2D eigenvalue weighted by Gasteiger charge is 2.76. The summed E-state index contributed by atoms with van der Waals surface area (Å²) in [5, 5.41) is 9.27. The minimum atomic E-state index is -0.711. The van der Waals surface area contributed by atoms with Crippen LogP contribution < -0.4 is 9.80 Å². The zero-order valence-electron chi connectivity index (χ0n) is 26.5. The molecule has 3 fully saturated rings. The predicted octanol–water partition coefficient (Wildman–Crippen LogP) is 5.10. The number of carbonyl (C=O) groups is 3. The monoisotopic (exact) mass is 688 g/mol. The third kappa shape index (κ3) is 6.36. The molecule has 1 spiro atoms. The maximum absolute atomic E-state index is 14.9. The van der Waals surface area contributed by atoms with E-state index in [1.165, 1.54) is 0 Å². The first-order chi connectivity index (χ1) is 21.2. The molecule has 0 aliphatic carbocycles. The van der Waals surface area contributed by atoms with E-state index in [4.69, 9.17) is 0 Å². The van der Waals surface area contributed by atoms with Gasteiger partial charge in [-0.15, -0.1) is 24.9 Å². The maximum atomic E-state index is 14.9. The third-order valence-electron chi connectivity index (χ3n) is 9.39. The number of halogens is 1. The molecule has 1 N–H and O–H groups in total. The molecule has 4 rings (SSSR count). The first-order valence-corrected chi connectivity index (χ1v) is 17.9. The molecule has 1 aromatic carbocycles. The summed E-state index contributed by atoms with van der Waals surface area (Å²) < 4.78 is -0.711. The van der Waals surface area contributed by atoms with Gasteiger partial charge in [0.25, 0.3) is 5.91 Å². The van der Waals surface area contributed by atoms with E-state index in [1.807, 2.05) is 36.1 Å². The lowest BCUT2D eigenvalue weighted by atomic mass is 9.70. The molecule has 44 heavy (non-hydrogen) atoms. The Hall–Kier alpha value is -2.30. The van der Waals surface area contributed by atoms with Crippen molar-refractivity contribution in [2.75, 3.05) is 55.7 Å². The predicted molar refractivity (Wildman–Crippen MR) is 184 cm³/mol. The van der Waals surface area contributed by atoms with Crippen molar-refractivity contribution in [3.05, 3.63) is 49.6 Å². The summed E-state index contributed by atoms with van der Waals surface area (Å²) in [6.45, 7) is 17.7. The number of alkyl halides is 1. The van der Waals surface area contributed by atoms with Crippen LogP contribution in [-0.4, -0.2) is 99.4 Å². The molecule has 3 aliphatic heterocycles. The Morgan fingerprint density at radius 2 is 1.70 bits per heavy atom. The third-order valence-corrected chi connectivity index (χ3v) is 12.6. The van der Waals surface area contributed by atoms with Crippen LogP contribution in [0.1, 0.15) is 52.9 Å². The van der Waals surface area contributed by atoms with E-state index in [1.54, 1.807) is 33.7 Å². The molecule has 10 heteroatoms. The number of nitrogens with zero attached hydrogens (tertiary/aromatic N) is 4. The molecule has 0 radical (unpaired) electrons. The fourth-order valence-corrected chi connectivity index (χ4v) is 11.1. The molecule has 2 bridgehead atoms. The maximum Gasteiger partial charge on any atom is 0.251 e. The van der Waals surface area contributed by atoms with Gasteiger partial charge < -0.3 is 24.7 Å². The van der Waals surface area contributed by atoms with Gasteiger partial charge in [0.05, 0.1) is 16.6 Å². The number of amides is 3. The van der Waals surface area contributed by atoms with Gasteiger partial charge in [0.15, 0.2) is 0 Å². The van der Waals surface area contributed by atoms with E-state index in [-0.39, 0.29) is 34.4 Å². The second-order valence-electron chi connectivity index (χ2n) is 12.0. The second-order valence-corrected chi connectivity index (χ2v) is 14.7. The van der Waals surface area contributed by atoms with Gasteiger partial charge in [-0.05, 0) is 70.2 Å². The van der Waals surface area contributed by atoms with Crippen molar-refractivity contribution in [1.29, 1.82) is 0 Å². The highest BCUT2D eigenvalue weighted by atomic mass is 79.9. The Kier molecular flexibility index (Phi) is 12.0. The van der Waals surface area contributed by atoms with Crippen LogP contribution in [0.2, 0.25) is 0 Å². The molecular weight excluding hydrogens is 640 g/mol. The second kappa shape index (κ2) is 15.3. The van der Waals surface area contributed by atoms with Crippen LogP contribution in [0.3, 0.4) is 0 Å². The molecule has 3 saturated heterocycles. The van der Waals surface area contributed by atoms with Gasteiger partial charge in [-0.25, -0.2) is 0 Å². The van der Waals surface area contributed by atoms with Crippen molar-refractivity contribution in [3.8, 4) is 0 Å². The molecule has 8 nitrogen and oxygen atoms in total. The standard InChI is InChI=1S/C34H49BrN4O4S/c1-6-18-37(19-7-2)31(41)27-28-32(42)39(21-12-11-13-22-40)30(34(28)23-26(35)29(27)44-34)33(43)38(20-8-3)25-16-14-24(15-17-25)36(9-4)10-5/h6,8,14-17,26-30,40H,1,3,7,9-13,18-23H2,2,4-5H3/t26?,27-,28-,29-,30?,34?/m0/s1. The molecule has 242 valence electrons. The summed E-state index contributed by atoms with van der Waals surface area (Å²) >= 11 is 5.56. The number of carbonyl (C=O) groups excluding carboxylic acids is 3. The highest BCUT2D eigenvalue weighted by molar-refractivity contribution is 9.09. The highest BCUT2D eigenvalue weighted by Crippen LogP contribution is 2.68. The fraction of sp³-hybridized carbons (Fsp3) is 0.618. The minimum absolute atomic E-state index is 0.0168. The van der Waals surface area contributed by atoms with Crippen molar-refractivity contribution >= 4 is 56.8 Å². The number of hydrogen-bond acceptors (Lipinski definition) is 6. The molecule has 3 aliphatic rings. The number of anilines is 2. The smallest absolute Gasteiger partial charge is 0.251 e. The normalized spacial score (nSPS) is 26.9. The average Bonchev–Trinajstić information content (AvgIpc) is 3.61. The lowest BCUT2D eigenvalue weighted by Gasteiger charge is -2.38. The van der Waals surface area contributed by atoms with Crippen LogP contribution in [0.5, 0.6) is 0 Å². The van der Waals surface area contributed by atoms with Crippen molar-refractivity contribution in [1.82, 2.24) is 9.80 Å². The first kappa shape index (κ1) is 34.6. The lowest BCUT2D eigenvalue weighted by Crippen LogP contribution is -2.56. The number of thioether (sulfide) groups is 1. The average molecular weight is 690 g/mol. The van der Waals surface area contributed by atoms with Crippen molar-refractivity contribution in [2.24, 2.45) is 11.8 Å².